The SMILES string of the molecule is CC1(CNC(=O)Cc2c(Cl)cccc2Cl)COC1. The highest BCUT2D eigenvalue weighted by molar-refractivity contribution is 6.36. The predicted octanol–water partition coefficient (Wildman–Crippen LogP) is 2.69. The van der Waals surface area contributed by atoms with E-state index in [1.54, 1.807) is 18.2 Å². The van der Waals surface area contributed by atoms with Crippen LogP contribution in [0.25, 0.3) is 0 Å². The number of carbonyl (C=O) groups excluding carboxylic acids is 1. The Morgan fingerprint density at radius 3 is 2.50 bits per heavy atom. The van der Waals surface area contributed by atoms with E-state index in [9.17, 15) is 4.79 Å². The van der Waals surface area contributed by atoms with Crippen LogP contribution in [0.5, 0.6) is 0 Å². The van der Waals surface area contributed by atoms with Gasteiger partial charge in [0.25, 0.3) is 0 Å². The molecule has 1 aliphatic heterocycles. The number of ether oxygens (including phenoxy) is 1. The summed E-state index contributed by atoms with van der Waals surface area (Å²) in [6.07, 6.45) is 0.204. The summed E-state index contributed by atoms with van der Waals surface area (Å²) >= 11 is 12.0. The van der Waals surface area contributed by atoms with Crippen molar-refractivity contribution in [3.8, 4) is 0 Å². The van der Waals surface area contributed by atoms with Crippen molar-refractivity contribution in [2.24, 2.45) is 5.41 Å². The zero-order valence-electron chi connectivity index (χ0n) is 10.1. The van der Waals surface area contributed by atoms with Crippen molar-refractivity contribution < 1.29 is 9.53 Å². The Hall–Kier alpha value is -0.770. The first kappa shape index (κ1) is 13.7. The summed E-state index contributed by atoms with van der Waals surface area (Å²) in [5.74, 6) is -0.0712. The van der Waals surface area contributed by atoms with Crippen LogP contribution in [-0.2, 0) is 16.0 Å². The molecule has 1 amide bonds. The summed E-state index contributed by atoms with van der Waals surface area (Å²) in [4.78, 5) is 11.8. The molecule has 18 heavy (non-hydrogen) atoms. The largest absolute Gasteiger partial charge is 0.380 e. The zero-order valence-corrected chi connectivity index (χ0v) is 11.6. The molecule has 0 saturated carbocycles. The summed E-state index contributed by atoms with van der Waals surface area (Å²) in [5, 5.41) is 3.94. The molecule has 98 valence electrons. The fourth-order valence-corrected chi connectivity index (χ4v) is 2.32. The van der Waals surface area contributed by atoms with Crippen molar-refractivity contribution in [2.75, 3.05) is 19.8 Å². The molecule has 2 rings (SSSR count). The van der Waals surface area contributed by atoms with Gasteiger partial charge in [0.1, 0.15) is 0 Å². The van der Waals surface area contributed by atoms with Crippen molar-refractivity contribution in [2.45, 2.75) is 13.3 Å². The molecule has 1 aliphatic rings. The van der Waals surface area contributed by atoms with Crippen molar-refractivity contribution in [1.82, 2.24) is 5.32 Å². The molecule has 1 saturated heterocycles. The number of rotatable bonds is 4. The Morgan fingerprint density at radius 1 is 1.39 bits per heavy atom. The van der Waals surface area contributed by atoms with Gasteiger partial charge in [-0.05, 0) is 17.7 Å². The van der Waals surface area contributed by atoms with E-state index in [1.807, 2.05) is 0 Å². The van der Waals surface area contributed by atoms with Gasteiger partial charge in [-0.25, -0.2) is 0 Å². The van der Waals surface area contributed by atoms with Crippen LogP contribution in [0.4, 0.5) is 0 Å². The van der Waals surface area contributed by atoms with Gasteiger partial charge in [0.05, 0.1) is 19.6 Å². The van der Waals surface area contributed by atoms with Crippen LogP contribution in [0.15, 0.2) is 18.2 Å². The first-order chi connectivity index (χ1) is 8.50. The van der Waals surface area contributed by atoms with Gasteiger partial charge < -0.3 is 10.1 Å². The number of hydrogen-bond donors (Lipinski definition) is 1. The summed E-state index contributed by atoms with van der Waals surface area (Å²) in [6.45, 7) is 4.09. The number of benzene rings is 1. The van der Waals surface area contributed by atoms with Gasteiger partial charge >= 0.3 is 0 Å². The lowest BCUT2D eigenvalue weighted by Gasteiger charge is -2.38. The molecule has 0 atom stereocenters. The van der Waals surface area contributed by atoms with Crippen LogP contribution < -0.4 is 5.32 Å². The Balaban J connectivity index is 1.91. The minimum absolute atomic E-state index is 0.0694. The minimum atomic E-state index is -0.0712. The maximum absolute atomic E-state index is 11.8. The second-order valence-electron chi connectivity index (χ2n) is 4.96. The topological polar surface area (TPSA) is 38.3 Å². The van der Waals surface area contributed by atoms with Crippen molar-refractivity contribution >= 4 is 29.1 Å². The van der Waals surface area contributed by atoms with E-state index in [0.717, 1.165) is 0 Å². The highest BCUT2D eigenvalue weighted by Crippen LogP contribution is 2.26. The highest BCUT2D eigenvalue weighted by atomic mass is 35.5. The normalized spacial score (nSPS) is 17.1. The molecule has 1 N–H and O–H groups in total. The first-order valence-corrected chi connectivity index (χ1v) is 6.53. The van der Waals surface area contributed by atoms with Gasteiger partial charge in [0.2, 0.25) is 5.91 Å². The van der Waals surface area contributed by atoms with Gasteiger partial charge in [0, 0.05) is 22.0 Å². The molecule has 3 nitrogen and oxygen atoms in total. The summed E-state index contributed by atoms with van der Waals surface area (Å²) in [5.41, 5.74) is 0.744. The predicted molar refractivity (Wildman–Crippen MR) is 72.1 cm³/mol. The quantitative estimate of drug-likeness (QED) is 0.925. The number of nitrogens with one attached hydrogen (secondary N) is 1. The third-order valence-corrected chi connectivity index (χ3v) is 3.72. The Labute approximate surface area is 116 Å². The summed E-state index contributed by atoms with van der Waals surface area (Å²) in [6, 6.07) is 5.23. The van der Waals surface area contributed by atoms with Crippen LogP contribution >= 0.6 is 23.2 Å². The Bertz CT molecular complexity index is 438. The first-order valence-electron chi connectivity index (χ1n) is 5.77. The number of halogens is 2. The number of amides is 1. The maximum Gasteiger partial charge on any atom is 0.224 e. The average molecular weight is 288 g/mol. The van der Waals surface area contributed by atoms with Crippen molar-refractivity contribution in [3.05, 3.63) is 33.8 Å². The second-order valence-corrected chi connectivity index (χ2v) is 5.77. The van der Waals surface area contributed by atoms with Crippen LogP contribution in [-0.4, -0.2) is 25.7 Å². The third-order valence-electron chi connectivity index (χ3n) is 3.01. The maximum atomic E-state index is 11.8. The van der Waals surface area contributed by atoms with E-state index in [1.165, 1.54) is 0 Å². The fourth-order valence-electron chi connectivity index (χ4n) is 1.79. The highest BCUT2D eigenvalue weighted by Gasteiger charge is 2.33. The van der Waals surface area contributed by atoms with E-state index < -0.39 is 0 Å². The monoisotopic (exact) mass is 287 g/mol. The second kappa shape index (κ2) is 5.47. The van der Waals surface area contributed by atoms with E-state index in [4.69, 9.17) is 27.9 Å². The molecule has 1 aromatic carbocycles. The summed E-state index contributed by atoms with van der Waals surface area (Å²) < 4.78 is 5.13. The van der Waals surface area contributed by atoms with Crippen molar-refractivity contribution in [1.29, 1.82) is 0 Å². The van der Waals surface area contributed by atoms with E-state index >= 15 is 0 Å². The molecule has 0 aromatic heterocycles. The number of carbonyl (C=O) groups is 1. The van der Waals surface area contributed by atoms with E-state index in [-0.39, 0.29) is 17.7 Å². The molecule has 0 unspecified atom stereocenters. The molecule has 0 radical (unpaired) electrons. The van der Waals surface area contributed by atoms with E-state index in [0.29, 0.717) is 35.4 Å². The van der Waals surface area contributed by atoms with Crippen LogP contribution in [0.2, 0.25) is 10.0 Å². The molecule has 0 aliphatic carbocycles. The summed E-state index contributed by atoms with van der Waals surface area (Å²) in [7, 11) is 0. The van der Waals surface area contributed by atoms with Gasteiger partial charge in [-0.15, -0.1) is 0 Å². The third kappa shape index (κ3) is 3.16. The molecular weight excluding hydrogens is 273 g/mol. The standard InChI is InChI=1S/C13H15Cl2NO2/c1-13(7-18-8-13)6-16-12(17)5-9-10(14)3-2-4-11(9)15/h2-4H,5-8H2,1H3,(H,16,17). The van der Waals surface area contributed by atoms with E-state index in [2.05, 4.69) is 12.2 Å². The number of hydrogen-bond acceptors (Lipinski definition) is 2. The van der Waals surface area contributed by atoms with Crippen LogP contribution in [0.1, 0.15) is 12.5 Å². The van der Waals surface area contributed by atoms with Gasteiger partial charge in [-0.2, -0.15) is 0 Å². The minimum Gasteiger partial charge on any atom is -0.380 e. The zero-order chi connectivity index (χ0) is 13.2. The smallest absolute Gasteiger partial charge is 0.224 e. The van der Waals surface area contributed by atoms with Crippen molar-refractivity contribution in [3.63, 3.8) is 0 Å². The van der Waals surface area contributed by atoms with Crippen LogP contribution in [0.3, 0.4) is 0 Å². The fraction of sp³-hybridized carbons (Fsp3) is 0.462. The van der Waals surface area contributed by atoms with Gasteiger partial charge in [0.15, 0.2) is 0 Å². The van der Waals surface area contributed by atoms with Gasteiger partial charge in [-0.1, -0.05) is 36.2 Å². The lowest BCUT2D eigenvalue weighted by Crippen LogP contribution is -2.48. The molecule has 1 fully saturated rings. The lowest BCUT2D eigenvalue weighted by molar-refractivity contribution is -0.126. The Morgan fingerprint density at radius 2 is 2.00 bits per heavy atom. The molecule has 0 spiro atoms. The molecule has 0 bridgehead atoms. The molecule has 5 heteroatoms. The van der Waals surface area contributed by atoms with Gasteiger partial charge in [-0.3, -0.25) is 4.79 Å². The van der Waals surface area contributed by atoms with Crippen LogP contribution in [0, 0.1) is 5.41 Å². The lowest BCUT2D eigenvalue weighted by atomic mass is 9.89. The molecule has 1 heterocycles. The average Bonchev–Trinajstić information content (AvgIpc) is 2.29. The molecular formula is C13H15Cl2NO2. The Kier molecular flexibility index (Phi) is 4.15. The molecule has 1 aromatic rings.